The van der Waals surface area contributed by atoms with E-state index in [1.54, 1.807) is 4.90 Å². The third kappa shape index (κ3) is 4.09. The summed E-state index contributed by atoms with van der Waals surface area (Å²) in [5, 5.41) is 8.89. The SMILES string of the molecule is N#Cc1cc(F)cc(OCc2nc3c(o2)CN(C(=O)c2ccc(F)cc2)CC3)c1. The topological polar surface area (TPSA) is 79.4 Å². The zero-order valence-corrected chi connectivity index (χ0v) is 15.2. The first-order valence-corrected chi connectivity index (χ1v) is 8.87. The van der Waals surface area contributed by atoms with E-state index >= 15 is 0 Å². The Morgan fingerprint density at radius 1 is 1.21 bits per heavy atom. The molecular weight excluding hydrogens is 380 g/mol. The molecule has 0 bridgehead atoms. The number of amides is 1. The summed E-state index contributed by atoms with van der Waals surface area (Å²) >= 11 is 0. The van der Waals surface area contributed by atoms with Crippen molar-refractivity contribution in [2.75, 3.05) is 6.54 Å². The highest BCUT2D eigenvalue weighted by Gasteiger charge is 2.26. The Kier molecular flexibility index (Phi) is 4.96. The van der Waals surface area contributed by atoms with Crippen LogP contribution < -0.4 is 4.74 Å². The van der Waals surface area contributed by atoms with Crippen molar-refractivity contribution < 1.29 is 22.7 Å². The zero-order chi connectivity index (χ0) is 20.4. The first-order chi connectivity index (χ1) is 14.0. The quantitative estimate of drug-likeness (QED) is 0.674. The molecule has 0 unspecified atom stereocenters. The van der Waals surface area contributed by atoms with Crippen LogP contribution in [-0.4, -0.2) is 22.3 Å². The molecule has 0 radical (unpaired) electrons. The molecule has 1 amide bonds. The van der Waals surface area contributed by atoms with Gasteiger partial charge in [0.2, 0.25) is 5.89 Å². The van der Waals surface area contributed by atoms with Gasteiger partial charge in [-0.15, -0.1) is 0 Å². The van der Waals surface area contributed by atoms with Gasteiger partial charge in [-0.1, -0.05) is 0 Å². The zero-order valence-electron chi connectivity index (χ0n) is 15.2. The van der Waals surface area contributed by atoms with E-state index in [-0.39, 0.29) is 30.4 Å². The first-order valence-electron chi connectivity index (χ1n) is 8.87. The van der Waals surface area contributed by atoms with Crippen molar-refractivity contribution in [3.63, 3.8) is 0 Å². The standard InChI is InChI=1S/C21H15F2N3O3/c22-15-3-1-14(2-4-15)21(27)26-6-5-18-19(11-26)29-20(25-18)12-28-17-8-13(10-24)7-16(23)9-17/h1-4,7-9H,5-6,11-12H2. The number of ether oxygens (including phenoxy) is 1. The predicted molar refractivity (Wildman–Crippen MR) is 96.8 cm³/mol. The number of oxazole rings is 1. The van der Waals surface area contributed by atoms with Crippen LogP contribution in [-0.2, 0) is 19.6 Å². The van der Waals surface area contributed by atoms with E-state index in [4.69, 9.17) is 14.4 Å². The van der Waals surface area contributed by atoms with Gasteiger partial charge in [-0.25, -0.2) is 13.8 Å². The molecule has 4 rings (SSSR count). The molecule has 1 aromatic heterocycles. The second-order valence-electron chi connectivity index (χ2n) is 6.54. The lowest BCUT2D eigenvalue weighted by Crippen LogP contribution is -2.35. The molecule has 2 heterocycles. The molecule has 6 nitrogen and oxygen atoms in total. The maximum absolute atomic E-state index is 13.5. The summed E-state index contributed by atoms with van der Waals surface area (Å²) in [5.41, 5.74) is 1.29. The van der Waals surface area contributed by atoms with E-state index in [2.05, 4.69) is 4.98 Å². The number of carbonyl (C=O) groups is 1. The van der Waals surface area contributed by atoms with Crippen LogP contribution in [0.3, 0.4) is 0 Å². The molecule has 3 aromatic rings. The van der Waals surface area contributed by atoms with Crippen LogP contribution in [0.2, 0.25) is 0 Å². The molecule has 0 fully saturated rings. The normalized spacial score (nSPS) is 12.9. The summed E-state index contributed by atoms with van der Waals surface area (Å²) in [4.78, 5) is 18.6. The maximum atomic E-state index is 13.5. The highest BCUT2D eigenvalue weighted by molar-refractivity contribution is 5.94. The predicted octanol–water partition coefficient (Wildman–Crippen LogP) is 3.60. The van der Waals surface area contributed by atoms with Gasteiger partial charge in [0.05, 0.1) is 23.9 Å². The van der Waals surface area contributed by atoms with Crippen molar-refractivity contribution in [2.24, 2.45) is 0 Å². The first kappa shape index (κ1) is 18.6. The number of hydrogen-bond acceptors (Lipinski definition) is 5. The fourth-order valence-corrected chi connectivity index (χ4v) is 3.11. The summed E-state index contributed by atoms with van der Waals surface area (Å²) in [6, 6.07) is 11.0. The monoisotopic (exact) mass is 395 g/mol. The average Bonchev–Trinajstić information content (AvgIpc) is 3.14. The van der Waals surface area contributed by atoms with Crippen LogP contribution >= 0.6 is 0 Å². The average molecular weight is 395 g/mol. The van der Waals surface area contributed by atoms with Gasteiger partial charge in [-0.3, -0.25) is 4.79 Å². The summed E-state index contributed by atoms with van der Waals surface area (Å²) in [7, 11) is 0. The summed E-state index contributed by atoms with van der Waals surface area (Å²) in [6.07, 6.45) is 0.518. The van der Waals surface area contributed by atoms with Crippen LogP contribution in [0.5, 0.6) is 5.75 Å². The lowest BCUT2D eigenvalue weighted by molar-refractivity contribution is 0.0718. The van der Waals surface area contributed by atoms with Crippen LogP contribution in [0.4, 0.5) is 8.78 Å². The number of fused-ring (bicyclic) bond motifs is 1. The van der Waals surface area contributed by atoms with E-state index in [1.807, 2.05) is 6.07 Å². The van der Waals surface area contributed by atoms with Gasteiger partial charge in [0.1, 0.15) is 23.1 Å². The van der Waals surface area contributed by atoms with Crippen LogP contribution in [0, 0.1) is 23.0 Å². The number of nitrogens with zero attached hydrogens (tertiary/aromatic N) is 3. The molecule has 29 heavy (non-hydrogen) atoms. The van der Waals surface area contributed by atoms with Gasteiger partial charge >= 0.3 is 0 Å². The van der Waals surface area contributed by atoms with E-state index < -0.39 is 11.6 Å². The fourth-order valence-electron chi connectivity index (χ4n) is 3.11. The van der Waals surface area contributed by atoms with Crippen molar-refractivity contribution in [3.8, 4) is 11.8 Å². The number of halogens is 2. The molecular formula is C21H15F2N3O3. The fraction of sp³-hybridized carbons (Fsp3) is 0.190. The van der Waals surface area contributed by atoms with Crippen molar-refractivity contribution >= 4 is 5.91 Å². The van der Waals surface area contributed by atoms with Gasteiger partial charge in [0.15, 0.2) is 6.61 Å². The second kappa shape index (κ2) is 7.72. The second-order valence-corrected chi connectivity index (χ2v) is 6.54. The molecule has 0 aliphatic carbocycles. The largest absolute Gasteiger partial charge is 0.484 e. The molecule has 2 aromatic carbocycles. The van der Waals surface area contributed by atoms with Gasteiger partial charge < -0.3 is 14.1 Å². The van der Waals surface area contributed by atoms with Gasteiger partial charge in [-0.05, 0) is 36.4 Å². The molecule has 1 aliphatic rings. The van der Waals surface area contributed by atoms with Crippen LogP contribution in [0.1, 0.15) is 33.3 Å². The minimum absolute atomic E-state index is 0.0345. The number of hydrogen-bond donors (Lipinski definition) is 0. The molecule has 146 valence electrons. The smallest absolute Gasteiger partial charge is 0.254 e. The third-order valence-electron chi connectivity index (χ3n) is 4.52. The molecule has 0 spiro atoms. The Bertz CT molecular complexity index is 1100. The van der Waals surface area contributed by atoms with Crippen LogP contribution in [0.15, 0.2) is 46.9 Å². The van der Waals surface area contributed by atoms with Crippen molar-refractivity contribution in [1.82, 2.24) is 9.88 Å². The van der Waals surface area contributed by atoms with E-state index in [1.165, 1.54) is 36.4 Å². The Morgan fingerprint density at radius 2 is 2.00 bits per heavy atom. The molecule has 0 saturated carbocycles. The lowest BCUT2D eigenvalue weighted by Gasteiger charge is -2.25. The number of aromatic nitrogens is 1. The van der Waals surface area contributed by atoms with Crippen LogP contribution in [0.25, 0.3) is 0 Å². The minimum atomic E-state index is -0.569. The summed E-state index contributed by atoms with van der Waals surface area (Å²) in [6.45, 7) is 0.676. The molecule has 0 N–H and O–H groups in total. The van der Waals surface area contributed by atoms with Gasteiger partial charge in [0.25, 0.3) is 5.91 Å². The minimum Gasteiger partial charge on any atom is -0.484 e. The van der Waals surface area contributed by atoms with E-state index in [0.717, 1.165) is 11.8 Å². The molecule has 8 heteroatoms. The van der Waals surface area contributed by atoms with Crippen molar-refractivity contribution in [3.05, 3.63) is 82.6 Å². The van der Waals surface area contributed by atoms with E-state index in [0.29, 0.717) is 30.2 Å². The molecule has 1 aliphatic heterocycles. The number of rotatable bonds is 4. The molecule has 0 atom stereocenters. The number of nitriles is 1. The molecule has 0 saturated heterocycles. The van der Waals surface area contributed by atoms with Crippen molar-refractivity contribution in [2.45, 2.75) is 19.6 Å². The maximum Gasteiger partial charge on any atom is 0.254 e. The summed E-state index contributed by atoms with van der Waals surface area (Å²) < 4.78 is 37.7. The Balaban J connectivity index is 1.43. The highest BCUT2D eigenvalue weighted by Crippen LogP contribution is 2.23. The Morgan fingerprint density at radius 3 is 2.76 bits per heavy atom. The van der Waals surface area contributed by atoms with Gasteiger partial charge in [0, 0.05) is 24.6 Å². The number of carbonyl (C=O) groups excluding carboxylic acids is 1. The Hall–Kier alpha value is -3.73. The van der Waals surface area contributed by atoms with E-state index in [9.17, 15) is 13.6 Å². The van der Waals surface area contributed by atoms with Gasteiger partial charge in [-0.2, -0.15) is 5.26 Å². The third-order valence-corrected chi connectivity index (χ3v) is 4.52. The number of benzene rings is 2. The lowest BCUT2D eigenvalue weighted by atomic mass is 10.1. The van der Waals surface area contributed by atoms with Crippen molar-refractivity contribution in [1.29, 1.82) is 5.26 Å². The Labute approximate surface area is 165 Å². The summed E-state index contributed by atoms with van der Waals surface area (Å²) in [5.74, 6) is -0.126. The highest BCUT2D eigenvalue weighted by atomic mass is 19.1.